The molecule has 0 saturated carbocycles. The molecule has 1 saturated heterocycles. The molecule has 2 aliphatic rings. The Balaban J connectivity index is 2.09. The molecule has 2 heterocycles. The van der Waals surface area contributed by atoms with Crippen LogP contribution in [-0.2, 0) is 19.9 Å². The highest BCUT2D eigenvalue weighted by Crippen LogP contribution is 2.32. The van der Waals surface area contributed by atoms with Crippen molar-refractivity contribution < 1.29 is 19.4 Å². The van der Waals surface area contributed by atoms with Crippen LogP contribution in [0.4, 0.5) is 0 Å². The molecule has 1 atom stereocenters. The van der Waals surface area contributed by atoms with Crippen LogP contribution in [0.5, 0.6) is 0 Å². The van der Waals surface area contributed by atoms with Crippen molar-refractivity contribution in [3.63, 3.8) is 0 Å². The second-order valence-corrected chi connectivity index (χ2v) is 4.74. The van der Waals surface area contributed by atoms with Crippen molar-refractivity contribution in [3.8, 4) is 0 Å². The fourth-order valence-electron chi connectivity index (χ4n) is 2.55. The van der Waals surface area contributed by atoms with Crippen LogP contribution >= 0.6 is 0 Å². The van der Waals surface area contributed by atoms with Crippen LogP contribution in [0.1, 0.15) is 11.1 Å². The number of carboxylic acids is 1. The number of aliphatic carboxylic acids is 1. The molecule has 2 N–H and O–H groups in total. The van der Waals surface area contributed by atoms with Gasteiger partial charge in [-0.3, -0.25) is 4.99 Å². The number of carboxylic acid groups (broad SMARTS) is 1. The van der Waals surface area contributed by atoms with Gasteiger partial charge in [-0.2, -0.15) is 0 Å². The average molecular weight is 276 g/mol. The maximum Gasteiger partial charge on any atom is 0.343 e. The van der Waals surface area contributed by atoms with E-state index in [0.717, 1.165) is 17.9 Å². The van der Waals surface area contributed by atoms with E-state index in [1.165, 1.54) is 0 Å². The van der Waals surface area contributed by atoms with Gasteiger partial charge in [0.25, 0.3) is 0 Å². The minimum atomic E-state index is -1.46. The van der Waals surface area contributed by atoms with E-state index in [-0.39, 0.29) is 13.2 Å². The number of rotatable bonds is 3. The van der Waals surface area contributed by atoms with Gasteiger partial charge < -0.3 is 19.9 Å². The topological polar surface area (TPSA) is 80.2 Å². The van der Waals surface area contributed by atoms with Gasteiger partial charge in [-0.1, -0.05) is 24.3 Å². The molecule has 0 aliphatic carbocycles. The van der Waals surface area contributed by atoms with Crippen LogP contribution in [-0.4, -0.2) is 49.8 Å². The largest absolute Gasteiger partial charge is 0.479 e. The summed E-state index contributed by atoms with van der Waals surface area (Å²) in [6.45, 7) is 2.14. The predicted octanol–water partition coefficient (Wildman–Crippen LogP) is 0.363. The standard InChI is InChI=1S/C14H16N2O4/c17-13(18)14(9-19-7-8-20-14)11-4-2-1-3-10(11)12-15-5-6-16-12/h1-4H,5-9H2,(H,15,16)(H,17,18). The summed E-state index contributed by atoms with van der Waals surface area (Å²) in [5.41, 5.74) is -0.111. The molecule has 0 radical (unpaired) electrons. The molecule has 6 heteroatoms. The van der Waals surface area contributed by atoms with E-state index in [4.69, 9.17) is 9.47 Å². The van der Waals surface area contributed by atoms with Gasteiger partial charge in [-0.15, -0.1) is 0 Å². The van der Waals surface area contributed by atoms with Crippen LogP contribution in [0.15, 0.2) is 29.3 Å². The summed E-state index contributed by atoms with van der Waals surface area (Å²) in [5.74, 6) is -0.321. The predicted molar refractivity (Wildman–Crippen MR) is 71.9 cm³/mol. The summed E-state index contributed by atoms with van der Waals surface area (Å²) in [5, 5.41) is 12.8. The van der Waals surface area contributed by atoms with Crippen LogP contribution in [0.3, 0.4) is 0 Å². The van der Waals surface area contributed by atoms with Crippen LogP contribution in [0.2, 0.25) is 0 Å². The minimum absolute atomic E-state index is 0.00657. The molecule has 106 valence electrons. The number of nitrogens with one attached hydrogen (secondary N) is 1. The summed E-state index contributed by atoms with van der Waals surface area (Å²) in [7, 11) is 0. The molecule has 1 fully saturated rings. The molecule has 0 spiro atoms. The first-order valence-electron chi connectivity index (χ1n) is 6.57. The number of carbonyl (C=O) groups is 1. The molecule has 0 bridgehead atoms. The van der Waals surface area contributed by atoms with Gasteiger partial charge in [0.15, 0.2) is 0 Å². The van der Waals surface area contributed by atoms with Gasteiger partial charge >= 0.3 is 5.97 Å². The molecule has 1 aromatic carbocycles. The normalized spacial score (nSPS) is 25.9. The van der Waals surface area contributed by atoms with E-state index in [2.05, 4.69) is 10.3 Å². The van der Waals surface area contributed by atoms with Gasteiger partial charge in [0, 0.05) is 17.7 Å². The highest BCUT2D eigenvalue weighted by atomic mass is 16.6. The van der Waals surface area contributed by atoms with Gasteiger partial charge in [-0.05, 0) is 0 Å². The van der Waals surface area contributed by atoms with Gasteiger partial charge in [0.05, 0.1) is 26.4 Å². The van der Waals surface area contributed by atoms with Crippen molar-refractivity contribution in [2.45, 2.75) is 5.60 Å². The molecular formula is C14H16N2O4. The first-order valence-corrected chi connectivity index (χ1v) is 6.57. The van der Waals surface area contributed by atoms with E-state index in [9.17, 15) is 9.90 Å². The number of amidine groups is 1. The number of ether oxygens (including phenoxy) is 2. The molecule has 0 aromatic heterocycles. The number of nitrogens with zero attached hydrogens (tertiary/aromatic N) is 1. The third kappa shape index (κ3) is 2.07. The lowest BCUT2D eigenvalue weighted by atomic mass is 9.89. The Morgan fingerprint density at radius 1 is 1.35 bits per heavy atom. The van der Waals surface area contributed by atoms with Crippen molar-refractivity contribution in [3.05, 3.63) is 35.4 Å². The minimum Gasteiger partial charge on any atom is -0.479 e. The van der Waals surface area contributed by atoms with Crippen molar-refractivity contribution in [2.75, 3.05) is 32.9 Å². The van der Waals surface area contributed by atoms with E-state index in [0.29, 0.717) is 18.7 Å². The van der Waals surface area contributed by atoms with Crippen molar-refractivity contribution in [2.24, 2.45) is 4.99 Å². The number of aliphatic imine (C=N–C) groups is 1. The van der Waals surface area contributed by atoms with Crippen LogP contribution in [0.25, 0.3) is 0 Å². The molecule has 1 unspecified atom stereocenters. The Morgan fingerprint density at radius 2 is 2.20 bits per heavy atom. The molecule has 2 aliphatic heterocycles. The number of hydrogen-bond donors (Lipinski definition) is 2. The first-order chi connectivity index (χ1) is 9.74. The van der Waals surface area contributed by atoms with Gasteiger partial charge in [-0.25, -0.2) is 4.79 Å². The van der Waals surface area contributed by atoms with E-state index >= 15 is 0 Å². The second-order valence-electron chi connectivity index (χ2n) is 4.74. The summed E-state index contributed by atoms with van der Waals surface area (Å²) in [6.07, 6.45) is 0. The Labute approximate surface area is 116 Å². The smallest absolute Gasteiger partial charge is 0.343 e. The van der Waals surface area contributed by atoms with Crippen LogP contribution in [0, 0.1) is 0 Å². The summed E-state index contributed by atoms with van der Waals surface area (Å²) in [6, 6.07) is 7.29. The van der Waals surface area contributed by atoms with Gasteiger partial charge in [0.1, 0.15) is 5.84 Å². The maximum absolute atomic E-state index is 11.8. The van der Waals surface area contributed by atoms with E-state index < -0.39 is 11.6 Å². The van der Waals surface area contributed by atoms with Crippen molar-refractivity contribution in [1.82, 2.24) is 5.32 Å². The Kier molecular flexibility index (Phi) is 3.42. The third-order valence-electron chi connectivity index (χ3n) is 3.52. The van der Waals surface area contributed by atoms with Gasteiger partial charge in [0.2, 0.25) is 5.60 Å². The second kappa shape index (κ2) is 5.22. The zero-order valence-electron chi connectivity index (χ0n) is 11.0. The zero-order valence-corrected chi connectivity index (χ0v) is 11.0. The molecule has 0 amide bonds. The lowest BCUT2D eigenvalue weighted by Gasteiger charge is -2.34. The number of hydrogen-bond acceptors (Lipinski definition) is 5. The molecule has 1 aromatic rings. The third-order valence-corrected chi connectivity index (χ3v) is 3.52. The SMILES string of the molecule is O=C(O)C1(c2ccccc2C2=NCCN2)COCCO1. The molecule has 3 rings (SSSR count). The van der Waals surface area contributed by atoms with E-state index in [1.54, 1.807) is 12.1 Å². The van der Waals surface area contributed by atoms with E-state index in [1.807, 2.05) is 12.1 Å². The van der Waals surface area contributed by atoms with Crippen molar-refractivity contribution in [1.29, 1.82) is 0 Å². The summed E-state index contributed by atoms with van der Waals surface area (Å²) < 4.78 is 11.0. The Bertz CT molecular complexity index is 550. The Morgan fingerprint density at radius 3 is 2.85 bits per heavy atom. The summed E-state index contributed by atoms with van der Waals surface area (Å²) >= 11 is 0. The quantitative estimate of drug-likeness (QED) is 0.833. The fraction of sp³-hybridized carbons (Fsp3) is 0.429. The Hall–Kier alpha value is -1.92. The monoisotopic (exact) mass is 276 g/mol. The average Bonchev–Trinajstić information content (AvgIpc) is 3.02. The highest BCUT2D eigenvalue weighted by Gasteiger charge is 2.46. The maximum atomic E-state index is 11.8. The lowest BCUT2D eigenvalue weighted by Crippen LogP contribution is -2.48. The molecular weight excluding hydrogens is 260 g/mol. The highest BCUT2D eigenvalue weighted by molar-refractivity contribution is 6.02. The molecule has 20 heavy (non-hydrogen) atoms. The summed E-state index contributed by atoms with van der Waals surface area (Å²) in [4.78, 5) is 16.1. The van der Waals surface area contributed by atoms with Crippen molar-refractivity contribution >= 4 is 11.8 Å². The fourth-order valence-corrected chi connectivity index (χ4v) is 2.55. The van der Waals surface area contributed by atoms with Crippen LogP contribution < -0.4 is 5.32 Å². The zero-order chi connectivity index (χ0) is 14.0. The lowest BCUT2D eigenvalue weighted by molar-refractivity contribution is -0.197. The number of benzene rings is 1. The molecule has 6 nitrogen and oxygen atoms in total. The first kappa shape index (κ1) is 13.1.